The average Bonchev–Trinajstić information content (AvgIpc) is 2.34. The highest BCUT2D eigenvalue weighted by molar-refractivity contribution is 6.29. The van der Waals surface area contributed by atoms with Gasteiger partial charge in [0, 0.05) is 6.07 Å². The van der Waals surface area contributed by atoms with Crippen LogP contribution in [0.2, 0.25) is 5.15 Å². The SMILES string of the molecule is Cc1nc(Cl)cc(=O)n1COCc1ccccc1. The molecule has 2 rings (SSSR count). The van der Waals surface area contributed by atoms with Gasteiger partial charge in [-0.1, -0.05) is 41.9 Å². The first kappa shape index (κ1) is 12.8. The summed E-state index contributed by atoms with van der Waals surface area (Å²) in [5.74, 6) is 0.542. The molecule has 0 bridgehead atoms. The number of rotatable bonds is 4. The second-order valence-electron chi connectivity index (χ2n) is 3.86. The molecule has 0 fully saturated rings. The number of benzene rings is 1. The van der Waals surface area contributed by atoms with Crippen molar-refractivity contribution >= 4 is 11.6 Å². The number of aryl methyl sites for hydroxylation is 1. The van der Waals surface area contributed by atoms with Crippen molar-refractivity contribution in [1.29, 1.82) is 0 Å². The van der Waals surface area contributed by atoms with Crippen molar-refractivity contribution in [2.75, 3.05) is 0 Å². The van der Waals surface area contributed by atoms with Gasteiger partial charge in [0.2, 0.25) is 0 Å². The second kappa shape index (κ2) is 5.80. The molecular weight excluding hydrogens is 252 g/mol. The topological polar surface area (TPSA) is 44.1 Å². The largest absolute Gasteiger partial charge is 0.356 e. The van der Waals surface area contributed by atoms with Gasteiger partial charge in [0.15, 0.2) is 0 Å². The van der Waals surface area contributed by atoms with Crippen LogP contribution >= 0.6 is 11.6 Å². The molecule has 4 nitrogen and oxygen atoms in total. The Morgan fingerprint density at radius 3 is 2.72 bits per heavy atom. The molecule has 1 aromatic carbocycles. The molecule has 0 radical (unpaired) electrons. The van der Waals surface area contributed by atoms with Crippen LogP contribution in [0.4, 0.5) is 0 Å². The molecule has 0 spiro atoms. The zero-order valence-corrected chi connectivity index (χ0v) is 10.7. The molecule has 94 valence electrons. The highest BCUT2D eigenvalue weighted by Crippen LogP contribution is 2.04. The summed E-state index contributed by atoms with van der Waals surface area (Å²) in [6.45, 7) is 2.35. The quantitative estimate of drug-likeness (QED) is 0.797. The fraction of sp³-hybridized carbons (Fsp3) is 0.231. The molecule has 1 heterocycles. The molecule has 0 aliphatic heterocycles. The van der Waals surface area contributed by atoms with Gasteiger partial charge in [0.1, 0.15) is 17.7 Å². The standard InChI is InChI=1S/C13H13ClN2O2/c1-10-15-12(14)7-13(17)16(10)9-18-8-11-5-3-2-4-6-11/h2-7H,8-9H2,1H3. The van der Waals surface area contributed by atoms with Crippen LogP contribution in [0.1, 0.15) is 11.4 Å². The van der Waals surface area contributed by atoms with Crippen molar-refractivity contribution in [3.05, 3.63) is 63.3 Å². The van der Waals surface area contributed by atoms with E-state index in [1.54, 1.807) is 6.92 Å². The zero-order valence-electron chi connectivity index (χ0n) is 9.97. The maximum atomic E-state index is 11.7. The molecule has 0 unspecified atom stereocenters. The average molecular weight is 265 g/mol. The summed E-state index contributed by atoms with van der Waals surface area (Å²) in [7, 11) is 0. The molecule has 0 amide bonds. The summed E-state index contributed by atoms with van der Waals surface area (Å²) in [6.07, 6.45) is 0. The molecule has 0 aliphatic rings. The van der Waals surface area contributed by atoms with Crippen LogP contribution in [0.15, 0.2) is 41.2 Å². The fourth-order valence-electron chi connectivity index (χ4n) is 1.57. The lowest BCUT2D eigenvalue weighted by molar-refractivity contribution is 0.0596. The Morgan fingerprint density at radius 2 is 2.06 bits per heavy atom. The Hall–Kier alpha value is -1.65. The van der Waals surface area contributed by atoms with E-state index < -0.39 is 0 Å². The van der Waals surface area contributed by atoms with Gasteiger partial charge >= 0.3 is 0 Å². The van der Waals surface area contributed by atoms with Crippen LogP contribution < -0.4 is 5.56 Å². The maximum Gasteiger partial charge on any atom is 0.256 e. The van der Waals surface area contributed by atoms with Crippen LogP contribution in [0.3, 0.4) is 0 Å². The Bertz CT molecular complexity index is 581. The van der Waals surface area contributed by atoms with Gasteiger partial charge in [-0.25, -0.2) is 4.98 Å². The van der Waals surface area contributed by atoms with Gasteiger partial charge in [0.25, 0.3) is 5.56 Å². The summed E-state index contributed by atoms with van der Waals surface area (Å²) < 4.78 is 6.93. The smallest absolute Gasteiger partial charge is 0.256 e. The molecule has 0 saturated heterocycles. The van der Waals surface area contributed by atoms with Crippen molar-refractivity contribution < 1.29 is 4.74 Å². The van der Waals surface area contributed by atoms with Gasteiger partial charge in [-0.15, -0.1) is 0 Å². The molecule has 0 N–H and O–H groups in total. The first-order chi connectivity index (χ1) is 8.66. The van der Waals surface area contributed by atoms with Crippen molar-refractivity contribution in [2.45, 2.75) is 20.3 Å². The van der Waals surface area contributed by atoms with E-state index in [0.717, 1.165) is 5.56 Å². The van der Waals surface area contributed by atoms with Crippen molar-refractivity contribution in [1.82, 2.24) is 9.55 Å². The highest BCUT2D eigenvalue weighted by Gasteiger charge is 2.03. The van der Waals surface area contributed by atoms with Crippen molar-refractivity contribution in [2.24, 2.45) is 0 Å². The lowest BCUT2D eigenvalue weighted by Crippen LogP contribution is -2.24. The maximum absolute atomic E-state index is 11.7. The predicted octanol–water partition coefficient (Wildman–Crippen LogP) is 2.38. The Balaban J connectivity index is 2.01. The number of nitrogens with zero attached hydrogens (tertiary/aromatic N) is 2. The van der Waals surface area contributed by atoms with Crippen LogP contribution in [0, 0.1) is 6.92 Å². The molecule has 1 aromatic heterocycles. The Kier molecular flexibility index (Phi) is 4.12. The van der Waals surface area contributed by atoms with Crippen LogP contribution in [0.25, 0.3) is 0 Å². The van der Waals surface area contributed by atoms with E-state index >= 15 is 0 Å². The summed E-state index contributed by atoms with van der Waals surface area (Å²) in [6, 6.07) is 11.0. The third kappa shape index (κ3) is 3.18. The summed E-state index contributed by atoms with van der Waals surface area (Å²) in [4.78, 5) is 15.7. The van der Waals surface area contributed by atoms with E-state index in [0.29, 0.717) is 12.4 Å². The van der Waals surface area contributed by atoms with Gasteiger partial charge in [-0.2, -0.15) is 0 Å². The van der Waals surface area contributed by atoms with Crippen molar-refractivity contribution in [3.8, 4) is 0 Å². The van der Waals surface area contributed by atoms with Crippen molar-refractivity contribution in [3.63, 3.8) is 0 Å². The van der Waals surface area contributed by atoms with Gasteiger partial charge in [0.05, 0.1) is 6.61 Å². The second-order valence-corrected chi connectivity index (χ2v) is 4.24. The third-order valence-corrected chi connectivity index (χ3v) is 2.69. The molecule has 0 saturated carbocycles. The molecule has 5 heteroatoms. The molecule has 2 aromatic rings. The lowest BCUT2D eigenvalue weighted by Gasteiger charge is -2.09. The normalized spacial score (nSPS) is 10.6. The van der Waals surface area contributed by atoms with Crippen LogP contribution in [-0.2, 0) is 18.1 Å². The van der Waals surface area contributed by atoms with Crippen LogP contribution in [0.5, 0.6) is 0 Å². The van der Waals surface area contributed by atoms with E-state index in [1.807, 2.05) is 30.3 Å². The number of hydrogen-bond acceptors (Lipinski definition) is 3. The number of aromatic nitrogens is 2. The lowest BCUT2D eigenvalue weighted by atomic mass is 10.2. The van der Waals surface area contributed by atoms with E-state index in [-0.39, 0.29) is 17.4 Å². The Labute approximate surface area is 110 Å². The number of ether oxygens (including phenoxy) is 1. The highest BCUT2D eigenvalue weighted by atomic mass is 35.5. The first-order valence-corrected chi connectivity index (χ1v) is 5.90. The zero-order chi connectivity index (χ0) is 13.0. The Morgan fingerprint density at radius 1 is 1.33 bits per heavy atom. The predicted molar refractivity (Wildman–Crippen MR) is 69.5 cm³/mol. The molecular formula is C13H13ClN2O2. The van der Waals surface area contributed by atoms with E-state index in [2.05, 4.69) is 4.98 Å². The minimum Gasteiger partial charge on any atom is -0.356 e. The minimum absolute atomic E-state index is 0.170. The summed E-state index contributed by atoms with van der Waals surface area (Å²) in [5.41, 5.74) is 0.852. The summed E-state index contributed by atoms with van der Waals surface area (Å²) in [5, 5.41) is 0.205. The molecule has 0 atom stereocenters. The molecule has 0 aliphatic carbocycles. The van der Waals surface area contributed by atoms with E-state index in [4.69, 9.17) is 16.3 Å². The monoisotopic (exact) mass is 264 g/mol. The fourth-order valence-corrected chi connectivity index (χ4v) is 1.79. The van der Waals surface area contributed by atoms with Gasteiger partial charge < -0.3 is 4.74 Å². The van der Waals surface area contributed by atoms with Gasteiger partial charge in [-0.3, -0.25) is 9.36 Å². The van der Waals surface area contributed by atoms with E-state index in [1.165, 1.54) is 10.6 Å². The molecule has 18 heavy (non-hydrogen) atoms. The summed E-state index contributed by atoms with van der Waals surface area (Å²) >= 11 is 5.69. The van der Waals surface area contributed by atoms with E-state index in [9.17, 15) is 4.79 Å². The van der Waals surface area contributed by atoms with Crippen LogP contribution in [-0.4, -0.2) is 9.55 Å². The first-order valence-electron chi connectivity index (χ1n) is 5.52. The third-order valence-electron chi connectivity index (χ3n) is 2.50. The minimum atomic E-state index is -0.208. The number of hydrogen-bond donors (Lipinski definition) is 0. The number of halogens is 1. The van der Waals surface area contributed by atoms with Gasteiger partial charge in [-0.05, 0) is 12.5 Å².